The molecule has 2 aliphatic heterocycles. The Hall–Kier alpha value is -1.11. The van der Waals surface area contributed by atoms with E-state index in [2.05, 4.69) is 48.9 Å². The largest absolute Gasteiger partial charge is 0.341 e. The van der Waals surface area contributed by atoms with Crippen molar-refractivity contribution in [1.29, 1.82) is 0 Å². The molecule has 4 nitrogen and oxygen atoms in total. The number of hydrogen-bond acceptors (Lipinski definition) is 4. The van der Waals surface area contributed by atoms with Crippen molar-refractivity contribution < 1.29 is 4.79 Å². The van der Waals surface area contributed by atoms with E-state index in [1.807, 2.05) is 0 Å². The number of nitrogens with zero attached hydrogens (tertiary/aromatic N) is 3. The first-order valence-corrected chi connectivity index (χ1v) is 10.5. The molecule has 1 aliphatic carbocycles. The number of aromatic nitrogens is 1. The summed E-state index contributed by atoms with van der Waals surface area (Å²) < 4.78 is 1.78. The Morgan fingerprint density at radius 2 is 2.20 bits per heavy atom. The molecule has 1 spiro atoms. The molecule has 3 heterocycles. The van der Waals surface area contributed by atoms with Crippen LogP contribution >= 0.6 is 38.9 Å². The van der Waals surface area contributed by atoms with Crippen LogP contribution in [0.25, 0.3) is 0 Å². The molecule has 3 aliphatic rings. The summed E-state index contributed by atoms with van der Waals surface area (Å²) in [4.78, 5) is 21.4. The minimum absolute atomic E-state index is 0.0121. The molecule has 2 aromatic rings. The van der Waals surface area contributed by atoms with Gasteiger partial charge in [0.15, 0.2) is 5.13 Å². The normalized spacial score (nSPS) is 25.0. The van der Waals surface area contributed by atoms with Gasteiger partial charge in [-0.2, -0.15) is 0 Å². The first-order chi connectivity index (χ1) is 12.1. The Morgan fingerprint density at radius 1 is 1.36 bits per heavy atom. The summed E-state index contributed by atoms with van der Waals surface area (Å²) in [5.74, 6) is 0.636. The third-order valence-corrected chi connectivity index (χ3v) is 7.20. The topological polar surface area (TPSA) is 36.4 Å². The summed E-state index contributed by atoms with van der Waals surface area (Å²) in [5.41, 5.74) is 2.50. The lowest BCUT2D eigenvalue weighted by Gasteiger charge is -2.25. The van der Waals surface area contributed by atoms with Crippen LogP contribution in [0.5, 0.6) is 0 Å². The van der Waals surface area contributed by atoms with Crippen molar-refractivity contribution in [3.8, 4) is 0 Å². The Labute approximate surface area is 163 Å². The van der Waals surface area contributed by atoms with E-state index in [0.29, 0.717) is 10.2 Å². The van der Waals surface area contributed by atoms with Crippen molar-refractivity contribution in [3.63, 3.8) is 0 Å². The van der Waals surface area contributed by atoms with E-state index in [0.717, 1.165) is 48.5 Å². The van der Waals surface area contributed by atoms with E-state index >= 15 is 0 Å². The van der Waals surface area contributed by atoms with Crippen LogP contribution < -0.4 is 4.90 Å². The van der Waals surface area contributed by atoms with Gasteiger partial charge in [-0.05, 0) is 43.0 Å². The Balaban J connectivity index is 1.53. The van der Waals surface area contributed by atoms with Gasteiger partial charge in [-0.1, -0.05) is 38.9 Å². The van der Waals surface area contributed by atoms with Gasteiger partial charge < -0.3 is 9.80 Å². The van der Waals surface area contributed by atoms with E-state index in [1.54, 1.807) is 6.20 Å². The Kier molecular flexibility index (Phi) is 3.67. The lowest BCUT2D eigenvalue weighted by molar-refractivity contribution is -0.131. The van der Waals surface area contributed by atoms with E-state index in [4.69, 9.17) is 11.6 Å². The summed E-state index contributed by atoms with van der Waals surface area (Å²) in [5, 5.41) is 0.928. The van der Waals surface area contributed by atoms with Crippen LogP contribution in [0.1, 0.15) is 24.8 Å². The van der Waals surface area contributed by atoms with Gasteiger partial charge in [0, 0.05) is 41.1 Å². The van der Waals surface area contributed by atoms with Crippen LogP contribution in [0.15, 0.2) is 28.9 Å². The molecule has 0 N–H and O–H groups in total. The number of amides is 1. The van der Waals surface area contributed by atoms with Crippen LogP contribution in [-0.2, 0) is 10.2 Å². The molecule has 1 aromatic heterocycles. The Morgan fingerprint density at radius 3 is 2.92 bits per heavy atom. The summed E-state index contributed by atoms with van der Waals surface area (Å²) in [6, 6.07) is 6.44. The van der Waals surface area contributed by atoms with E-state index in [-0.39, 0.29) is 11.3 Å². The number of fused-ring (bicyclic) bond motifs is 2. The lowest BCUT2D eigenvalue weighted by atomic mass is 9.81. The highest BCUT2D eigenvalue weighted by molar-refractivity contribution is 9.10. The summed E-state index contributed by atoms with van der Waals surface area (Å²) in [7, 11) is 0. The minimum Gasteiger partial charge on any atom is -0.341 e. The highest BCUT2D eigenvalue weighted by Gasteiger charge is 2.50. The second-order valence-corrected chi connectivity index (χ2v) is 9.82. The summed E-state index contributed by atoms with van der Waals surface area (Å²) in [6.07, 6.45) is 4.84. The van der Waals surface area contributed by atoms with Gasteiger partial charge in [0.25, 0.3) is 0 Å². The maximum Gasteiger partial charge on any atom is 0.225 e. The fraction of sp³-hybridized carbons (Fsp3) is 0.444. The van der Waals surface area contributed by atoms with E-state index < -0.39 is 0 Å². The van der Waals surface area contributed by atoms with Gasteiger partial charge >= 0.3 is 0 Å². The maximum atomic E-state index is 12.6. The molecule has 130 valence electrons. The molecule has 25 heavy (non-hydrogen) atoms. The van der Waals surface area contributed by atoms with Crippen LogP contribution in [0.2, 0.25) is 4.34 Å². The molecular weight excluding hydrogens is 422 g/mol. The van der Waals surface area contributed by atoms with Crippen molar-refractivity contribution in [2.24, 2.45) is 5.92 Å². The molecule has 2 fully saturated rings. The zero-order valence-corrected chi connectivity index (χ0v) is 16.7. The number of hydrogen-bond donors (Lipinski definition) is 0. The maximum absolute atomic E-state index is 12.6. The summed E-state index contributed by atoms with van der Waals surface area (Å²) >= 11 is 11.2. The zero-order valence-electron chi connectivity index (χ0n) is 13.5. The molecule has 1 saturated heterocycles. The number of carbonyl (C=O) groups excluding carboxylic acids is 1. The predicted octanol–water partition coefficient (Wildman–Crippen LogP) is 4.59. The SMILES string of the molecule is O=C(C1CC1)N1CCC2(C1)CN(c1ncc(Cl)s1)c1ccc(Br)cc12. The number of halogens is 2. The lowest BCUT2D eigenvalue weighted by Crippen LogP contribution is -2.37. The predicted molar refractivity (Wildman–Crippen MR) is 104 cm³/mol. The van der Waals surface area contributed by atoms with Gasteiger partial charge in [-0.25, -0.2) is 4.98 Å². The van der Waals surface area contributed by atoms with Gasteiger partial charge in [0.05, 0.1) is 6.20 Å². The van der Waals surface area contributed by atoms with Gasteiger partial charge in [-0.3, -0.25) is 4.79 Å². The quantitative estimate of drug-likeness (QED) is 0.688. The number of likely N-dealkylation sites (tertiary alicyclic amines) is 1. The molecule has 5 rings (SSSR count). The second kappa shape index (κ2) is 5.69. The van der Waals surface area contributed by atoms with Crippen molar-refractivity contribution in [2.75, 3.05) is 24.5 Å². The van der Waals surface area contributed by atoms with E-state index in [9.17, 15) is 4.79 Å². The number of anilines is 2. The molecule has 0 bridgehead atoms. The van der Waals surface area contributed by atoms with Crippen LogP contribution in [-0.4, -0.2) is 35.4 Å². The van der Waals surface area contributed by atoms with Crippen molar-refractivity contribution in [1.82, 2.24) is 9.88 Å². The van der Waals surface area contributed by atoms with Gasteiger partial charge in [0.1, 0.15) is 4.34 Å². The third-order valence-electron chi connectivity index (χ3n) is 5.57. The van der Waals surface area contributed by atoms with Crippen molar-refractivity contribution >= 4 is 55.6 Å². The molecule has 1 amide bonds. The number of rotatable bonds is 2. The number of carbonyl (C=O) groups is 1. The Bertz CT molecular complexity index is 868. The van der Waals surface area contributed by atoms with Crippen molar-refractivity contribution in [2.45, 2.75) is 24.7 Å². The highest BCUT2D eigenvalue weighted by atomic mass is 79.9. The average Bonchev–Trinajstić information content (AvgIpc) is 3.10. The van der Waals surface area contributed by atoms with Crippen LogP contribution in [0, 0.1) is 5.92 Å². The zero-order chi connectivity index (χ0) is 17.2. The monoisotopic (exact) mass is 437 g/mol. The molecule has 1 aromatic carbocycles. The smallest absolute Gasteiger partial charge is 0.225 e. The molecule has 7 heteroatoms. The van der Waals surface area contributed by atoms with E-state index in [1.165, 1.54) is 22.6 Å². The molecule has 1 saturated carbocycles. The molecule has 1 unspecified atom stereocenters. The highest BCUT2D eigenvalue weighted by Crippen LogP contribution is 2.51. The first kappa shape index (κ1) is 16.1. The van der Waals surface area contributed by atoms with Crippen molar-refractivity contribution in [3.05, 3.63) is 38.8 Å². The van der Waals surface area contributed by atoms with Crippen LogP contribution in [0.3, 0.4) is 0 Å². The van der Waals surface area contributed by atoms with Gasteiger partial charge in [-0.15, -0.1) is 0 Å². The average molecular weight is 439 g/mol. The number of benzene rings is 1. The number of thiazole rings is 1. The first-order valence-electron chi connectivity index (χ1n) is 8.53. The van der Waals surface area contributed by atoms with Crippen LogP contribution in [0.4, 0.5) is 10.8 Å². The second-order valence-electron chi connectivity index (χ2n) is 7.26. The fourth-order valence-electron chi connectivity index (χ4n) is 4.18. The fourth-order valence-corrected chi connectivity index (χ4v) is 5.46. The standard InChI is InChI=1S/C18H17BrClN3OS/c19-12-3-4-14-13(7-12)18(10-23(14)17-21-8-15(20)25-17)5-6-22(9-18)16(24)11-1-2-11/h3-4,7-8,11H,1-2,5-6,9-10H2. The molecule has 1 atom stereocenters. The molecule has 0 radical (unpaired) electrons. The third kappa shape index (κ3) is 2.61. The van der Waals surface area contributed by atoms with Gasteiger partial charge in [0.2, 0.25) is 5.91 Å². The minimum atomic E-state index is -0.0121. The summed E-state index contributed by atoms with van der Waals surface area (Å²) in [6.45, 7) is 2.52. The molecular formula is C18H17BrClN3OS.